The summed E-state index contributed by atoms with van der Waals surface area (Å²) in [5, 5.41) is 5.10. The molecular weight excluding hydrogens is 446 g/mol. The predicted molar refractivity (Wildman–Crippen MR) is 128 cm³/mol. The lowest BCUT2D eigenvalue weighted by atomic mass is 10.1. The number of amides is 1. The van der Waals surface area contributed by atoms with Crippen LogP contribution in [0.1, 0.15) is 12.7 Å². The molecule has 0 saturated carbocycles. The minimum atomic E-state index is -0.343. The number of aromatic nitrogens is 2. The Kier molecular flexibility index (Phi) is 5.59. The van der Waals surface area contributed by atoms with Gasteiger partial charge in [-0.2, -0.15) is 0 Å². The molecule has 0 spiro atoms. The number of aromatic amines is 1. The van der Waals surface area contributed by atoms with Crippen molar-refractivity contribution in [1.82, 2.24) is 9.97 Å². The maximum Gasteiger partial charge on any atom is 0.260 e. The second-order valence-corrected chi connectivity index (χ2v) is 9.41. The van der Waals surface area contributed by atoms with Gasteiger partial charge in [0, 0.05) is 22.7 Å². The molecule has 7 nitrogen and oxygen atoms in total. The molecule has 0 fully saturated rings. The number of carbonyl (C=O) groups excluding carboxylic acids is 1. The van der Waals surface area contributed by atoms with Crippen LogP contribution in [0.2, 0.25) is 0 Å². The highest BCUT2D eigenvalue weighted by Gasteiger charge is 2.18. The van der Waals surface area contributed by atoms with E-state index in [-0.39, 0.29) is 23.5 Å². The fourth-order valence-corrected chi connectivity index (χ4v) is 5.11. The van der Waals surface area contributed by atoms with Gasteiger partial charge in [-0.3, -0.25) is 9.59 Å². The largest absolute Gasteiger partial charge is 0.454 e. The van der Waals surface area contributed by atoms with E-state index >= 15 is 0 Å². The van der Waals surface area contributed by atoms with Gasteiger partial charge in [-0.15, -0.1) is 23.1 Å². The summed E-state index contributed by atoms with van der Waals surface area (Å²) in [6.07, 6.45) is 0. The monoisotopic (exact) mass is 465 g/mol. The summed E-state index contributed by atoms with van der Waals surface area (Å²) in [5.74, 6) is 2.11. The van der Waals surface area contributed by atoms with Crippen molar-refractivity contribution in [3.8, 4) is 22.6 Å². The molecular formula is C23H19N3O4S2. The molecule has 1 amide bonds. The van der Waals surface area contributed by atoms with E-state index in [1.807, 2.05) is 42.6 Å². The highest BCUT2D eigenvalue weighted by atomic mass is 32.2. The number of carbonyl (C=O) groups is 1. The Hall–Kier alpha value is -3.30. The maximum absolute atomic E-state index is 12.8. The zero-order valence-electron chi connectivity index (χ0n) is 17.1. The average molecular weight is 466 g/mol. The Labute approximate surface area is 191 Å². The van der Waals surface area contributed by atoms with Gasteiger partial charge in [-0.25, -0.2) is 4.98 Å². The highest BCUT2D eigenvalue weighted by Crippen LogP contribution is 2.34. The van der Waals surface area contributed by atoms with Crippen molar-refractivity contribution in [2.75, 3.05) is 12.1 Å². The van der Waals surface area contributed by atoms with Crippen LogP contribution in [0.15, 0.2) is 58.7 Å². The number of hydrogen-bond donors (Lipinski definition) is 2. The first-order valence-corrected chi connectivity index (χ1v) is 11.9. The number of benzene rings is 2. The third-order valence-electron chi connectivity index (χ3n) is 5.06. The minimum absolute atomic E-state index is 0.139. The molecule has 5 rings (SSSR count). The first-order valence-electron chi connectivity index (χ1n) is 9.96. The van der Waals surface area contributed by atoms with Crippen molar-refractivity contribution < 1.29 is 14.3 Å². The number of ether oxygens (including phenoxy) is 2. The molecule has 2 N–H and O–H groups in total. The second-order valence-electron chi connectivity index (χ2n) is 7.22. The normalized spacial score (nSPS) is 13.3. The number of fused-ring (bicyclic) bond motifs is 2. The van der Waals surface area contributed by atoms with Crippen molar-refractivity contribution in [2.45, 2.75) is 17.9 Å². The van der Waals surface area contributed by atoms with E-state index in [4.69, 9.17) is 9.47 Å². The Morgan fingerprint density at radius 1 is 1.22 bits per heavy atom. The molecule has 1 atom stereocenters. The number of anilines is 1. The number of H-pyrrole nitrogens is 1. The quantitative estimate of drug-likeness (QED) is 0.431. The van der Waals surface area contributed by atoms with Crippen LogP contribution in [0.5, 0.6) is 11.5 Å². The van der Waals surface area contributed by atoms with E-state index in [9.17, 15) is 9.59 Å². The van der Waals surface area contributed by atoms with Crippen molar-refractivity contribution in [3.63, 3.8) is 0 Å². The number of thioether (sulfide) groups is 1. The molecule has 2 aromatic carbocycles. The number of thiophene rings is 1. The van der Waals surface area contributed by atoms with Crippen LogP contribution in [0.25, 0.3) is 21.3 Å². The van der Waals surface area contributed by atoms with Crippen LogP contribution in [-0.4, -0.2) is 27.9 Å². The van der Waals surface area contributed by atoms with Crippen LogP contribution >= 0.6 is 23.1 Å². The van der Waals surface area contributed by atoms with E-state index in [1.165, 1.54) is 23.1 Å². The third kappa shape index (κ3) is 4.09. The van der Waals surface area contributed by atoms with Gasteiger partial charge < -0.3 is 19.8 Å². The molecule has 32 heavy (non-hydrogen) atoms. The molecule has 3 heterocycles. The van der Waals surface area contributed by atoms with Gasteiger partial charge in [0.25, 0.3) is 5.56 Å². The van der Waals surface area contributed by atoms with Crippen LogP contribution in [-0.2, 0) is 10.5 Å². The van der Waals surface area contributed by atoms with Crippen molar-refractivity contribution >= 4 is 44.9 Å². The Morgan fingerprint density at radius 3 is 2.88 bits per heavy atom. The number of nitrogens with zero attached hydrogens (tertiary/aromatic N) is 1. The first-order chi connectivity index (χ1) is 15.6. The average Bonchev–Trinajstić information content (AvgIpc) is 3.45. The summed E-state index contributed by atoms with van der Waals surface area (Å²) >= 11 is 2.85. The van der Waals surface area contributed by atoms with Gasteiger partial charge >= 0.3 is 0 Å². The summed E-state index contributed by atoms with van der Waals surface area (Å²) in [6, 6.07) is 15.1. The molecule has 1 aliphatic rings. The molecule has 0 aliphatic carbocycles. The van der Waals surface area contributed by atoms with Crippen molar-refractivity contribution in [2.24, 2.45) is 0 Å². The molecule has 162 valence electrons. The van der Waals surface area contributed by atoms with E-state index in [0.717, 1.165) is 11.1 Å². The molecule has 0 radical (unpaired) electrons. The molecule has 4 aromatic rings. The minimum Gasteiger partial charge on any atom is -0.454 e. The van der Waals surface area contributed by atoms with E-state index < -0.39 is 0 Å². The third-order valence-corrected chi connectivity index (χ3v) is 7.08. The summed E-state index contributed by atoms with van der Waals surface area (Å²) in [5.41, 5.74) is 2.35. The first kappa shape index (κ1) is 20.6. The maximum atomic E-state index is 12.8. The fraction of sp³-hybridized carbons (Fsp3) is 0.174. The molecule has 1 aliphatic heterocycles. The molecule has 0 bridgehead atoms. The lowest BCUT2D eigenvalue weighted by molar-refractivity contribution is -0.115. The fourth-order valence-electron chi connectivity index (χ4n) is 3.39. The number of rotatable bonds is 6. The number of nitrogens with one attached hydrogen (secondary N) is 2. The summed E-state index contributed by atoms with van der Waals surface area (Å²) < 4.78 is 10.6. The number of hydrogen-bond acceptors (Lipinski definition) is 7. The Bertz CT molecular complexity index is 1350. The van der Waals surface area contributed by atoms with Gasteiger partial charge in [0.05, 0.1) is 16.4 Å². The van der Waals surface area contributed by atoms with E-state index in [1.54, 1.807) is 18.2 Å². The Morgan fingerprint density at radius 2 is 2.03 bits per heavy atom. The molecule has 0 saturated heterocycles. The standard InChI is InChI=1S/C23H19N3O4S2/c1-13(21(27)24-15-7-8-17-18(9-15)30-12-29-17)31-11-19-25-22(28)20-16(10-32-23(20)26-19)14-5-3-2-4-6-14/h2-10,13H,11-12H2,1H3,(H,24,27)(H,25,26,28)/t13-/m1/s1. The lowest BCUT2D eigenvalue weighted by Crippen LogP contribution is -2.23. The van der Waals surface area contributed by atoms with Gasteiger partial charge in [0.15, 0.2) is 11.5 Å². The van der Waals surface area contributed by atoms with E-state index in [0.29, 0.717) is 39.0 Å². The topological polar surface area (TPSA) is 93.3 Å². The summed E-state index contributed by atoms with van der Waals surface area (Å²) in [6.45, 7) is 2.01. The SMILES string of the molecule is C[C@@H](SCc1nc2scc(-c3ccccc3)c2c(=O)[nH]1)C(=O)Nc1ccc2c(c1)OCO2. The van der Waals surface area contributed by atoms with E-state index in [2.05, 4.69) is 15.3 Å². The predicted octanol–water partition coefficient (Wildman–Crippen LogP) is 4.64. The Balaban J connectivity index is 1.26. The lowest BCUT2D eigenvalue weighted by Gasteiger charge is -2.12. The van der Waals surface area contributed by atoms with Crippen LogP contribution < -0.4 is 20.3 Å². The molecule has 9 heteroatoms. The zero-order valence-corrected chi connectivity index (χ0v) is 18.7. The molecule has 0 unspecified atom stereocenters. The molecule has 2 aromatic heterocycles. The van der Waals surface area contributed by atoms with Gasteiger partial charge in [-0.1, -0.05) is 30.3 Å². The van der Waals surface area contributed by atoms with Crippen molar-refractivity contribution in [3.05, 3.63) is 70.1 Å². The van der Waals surface area contributed by atoms with Crippen LogP contribution in [0.4, 0.5) is 5.69 Å². The zero-order chi connectivity index (χ0) is 22.1. The van der Waals surface area contributed by atoms with Gasteiger partial charge in [0.1, 0.15) is 10.7 Å². The van der Waals surface area contributed by atoms with Crippen LogP contribution in [0.3, 0.4) is 0 Å². The van der Waals surface area contributed by atoms with Gasteiger partial charge in [0.2, 0.25) is 12.7 Å². The van der Waals surface area contributed by atoms with Crippen molar-refractivity contribution in [1.29, 1.82) is 0 Å². The smallest absolute Gasteiger partial charge is 0.260 e. The van der Waals surface area contributed by atoms with Crippen LogP contribution in [0, 0.1) is 0 Å². The second kappa shape index (κ2) is 8.68. The highest BCUT2D eigenvalue weighted by molar-refractivity contribution is 7.99. The summed E-state index contributed by atoms with van der Waals surface area (Å²) in [4.78, 5) is 33.5. The summed E-state index contributed by atoms with van der Waals surface area (Å²) in [7, 11) is 0. The van der Waals surface area contributed by atoms with Gasteiger partial charge in [-0.05, 0) is 24.6 Å².